The van der Waals surface area contributed by atoms with Crippen molar-refractivity contribution < 1.29 is 22.6 Å². The van der Waals surface area contributed by atoms with E-state index in [9.17, 15) is 13.2 Å². The summed E-state index contributed by atoms with van der Waals surface area (Å²) in [5.41, 5.74) is 0.627. The lowest BCUT2D eigenvalue weighted by Crippen LogP contribution is -2.30. The second-order valence-corrected chi connectivity index (χ2v) is 10.4. The minimum Gasteiger partial charge on any atom is -0.492 e. The minimum atomic E-state index is -4.57. The van der Waals surface area contributed by atoms with Crippen molar-refractivity contribution in [3.05, 3.63) is 53.6 Å². The number of rotatable bonds is 8. The van der Waals surface area contributed by atoms with Crippen molar-refractivity contribution in [2.75, 3.05) is 37.9 Å². The molecule has 42 heavy (non-hydrogen) atoms. The third-order valence-corrected chi connectivity index (χ3v) is 7.63. The molecule has 1 aliphatic heterocycles. The number of aromatic nitrogens is 6. The van der Waals surface area contributed by atoms with Crippen LogP contribution in [0.4, 0.5) is 30.6 Å². The number of imidazole rings is 1. The molecule has 1 fully saturated rings. The van der Waals surface area contributed by atoms with Crippen LogP contribution in [-0.2, 0) is 13.2 Å². The van der Waals surface area contributed by atoms with Crippen molar-refractivity contribution in [3.8, 4) is 17.2 Å². The zero-order chi connectivity index (χ0) is 29.6. The van der Waals surface area contributed by atoms with Gasteiger partial charge in [-0.25, -0.2) is 14.5 Å². The standard InChI is InChI=1S/C27H27ClF3N9O2/c1-32-24-22-20(13-35-40(22)8-6-33-24)42-19-12-34-25-23(21(19)28)39(3)26(37-25)36-16-9-15(27(29,30)31)10-18(11-16)41-14-17-5-4-7-38(17)2/h6,8-13,17H,4-5,7,14H2,1-3H3,(H,32,33)(H,34,36,37)/t17-/m0/s1. The number of nitrogens with zero attached hydrogens (tertiary/aromatic N) is 7. The van der Waals surface area contributed by atoms with Crippen molar-refractivity contribution in [2.45, 2.75) is 25.1 Å². The van der Waals surface area contributed by atoms with Gasteiger partial charge in [-0.15, -0.1) is 0 Å². The minimum absolute atomic E-state index is 0.113. The van der Waals surface area contributed by atoms with Gasteiger partial charge in [0.05, 0.1) is 18.0 Å². The van der Waals surface area contributed by atoms with Crippen LogP contribution >= 0.6 is 11.6 Å². The van der Waals surface area contributed by atoms with E-state index in [-0.39, 0.29) is 39.8 Å². The molecular weight excluding hydrogens is 575 g/mol. The first-order valence-electron chi connectivity index (χ1n) is 13.1. The molecule has 0 spiro atoms. The van der Waals surface area contributed by atoms with Gasteiger partial charge in [-0.05, 0) is 38.6 Å². The van der Waals surface area contributed by atoms with Crippen LogP contribution in [0.25, 0.3) is 16.7 Å². The molecule has 1 saturated heterocycles. The first-order valence-corrected chi connectivity index (χ1v) is 13.5. The summed E-state index contributed by atoms with van der Waals surface area (Å²) in [6.07, 6.45) is 3.65. The molecule has 0 aliphatic carbocycles. The smallest absolute Gasteiger partial charge is 0.416 e. The molecule has 6 rings (SSSR count). The number of alkyl halides is 3. The molecule has 4 aromatic heterocycles. The van der Waals surface area contributed by atoms with Crippen LogP contribution < -0.4 is 20.1 Å². The van der Waals surface area contributed by atoms with Crippen molar-refractivity contribution in [1.82, 2.24) is 34.0 Å². The summed E-state index contributed by atoms with van der Waals surface area (Å²) < 4.78 is 56.4. The molecule has 5 aromatic rings. The molecular formula is C27H27ClF3N9O2. The van der Waals surface area contributed by atoms with E-state index < -0.39 is 11.7 Å². The van der Waals surface area contributed by atoms with Crippen LogP contribution in [0.3, 0.4) is 0 Å². The van der Waals surface area contributed by atoms with Crippen molar-refractivity contribution in [2.24, 2.45) is 7.05 Å². The van der Waals surface area contributed by atoms with Gasteiger partial charge >= 0.3 is 6.18 Å². The molecule has 2 N–H and O–H groups in total. The fourth-order valence-corrected chi connectivity index (χ4v) is 5.32. The van der Waals surface area contributed by atoms with E-state index in [1.807, 2.05) is 7.05 Å². The first kappa shape index (κ1) is 27.8. The maximum absolute atomic E-state index is 13.8. The number of benzene rings is 1. The number of nitrogens with one attached hydrogen (secondary N) is 2. The fourth-order valence-electron chi connectivity index (χ4n) is 5.02. The zero-order valence-corrected chi connectivity index (χ0v) is 23.7. The van der Waals surface area contributed by atoms with Gasteiger partial charge in [0.2, 0.25) is 5.95 Å². The van der Waals surface area contributed by atoms with Gasteiger partial charge in [0.15, 0.2) is 28.5 Å². The molecule has 1 aromatic carbocycles. The Hall–Kier alpha value is -4.30. The molecule has 0 unspecified atom stereocenters. The number of halogens is 4. The summed E-state index contributed by atoms with van der Waals surface area (Å²) in [7, 11) is 5.39. The summed E-state index contributed by atoms with van der Waals surface area (Å²) in [4.78, 5) is 15.3. The van der Waals surface area contributed by atoms with E-state index in [0.29, 0.717) is 29.2 Å². The zero-order valence-electron chi connectivity index (χ0n) is 22.9. The van der Waals surface area contributed by atoms with Crippen LogP contribution in [0.2, 0.25) is 5.02 Å². The van der Waals surface area contributed by atoms with Crippen LogP contribution in [0.1, 0.15) is 18.4 Å². The van der Waals surface area contributed by atoms with Crippen molar-refractivity contribution in [1.29, 1.82) is 0 Å². The predicted molar refractivity (Wildman–Crippen MR) is 152 cm³/mol. The summed E-state index contributed by atoms with van der Waals surface area (Å²) in [5.74, 6) is 1.54. The van der Waals surface area contributed by atoms with Crippen LogP contribution in [-0.4, -0.2) is 67.3 Å². The molecule has 0 saturated carbocycles. The number of aryl methyl sites for hydroxylation is 1. The fraction of sp³-hybridized carbons (Fsp3) is 0.333. The third kappa shape index (κ3) is 5.23. The van der Waals surface area contributed by atoms with Gasteiger partial charge in [-0.2, -0.15) is 23.3 Å². The van der Waals surface area contributed by atoms with E-state index in [1.54, 1.807) is 35.6 Å². The number of hydrogen-bond acceptors (Lipinski definition) is 9. The maximum atomic E-state index is 13.8. The Balaban J connectivity index is 1.30. The van der Waals surface area contributed by atoms with Gasteiger partial charge in [0, 0.05) is 44.3 Å². The van der Waals surface area contributed by atoms with Crippen molar-refractivity contribution >= 4 is 45.7 Å². The van der Waals surface area contributed by atoms with E-state index in [2.05, 4.69) is 35.6 Å². The molecule has 0 amide bonds. The summed E-state index contributed by atoms with van der Waals surface area (Å²) in [6.45, 7) is 1.23. The first-order chi connectivity index (χ1) is 20.1. The Morgan fingerprint density at radius 1 is 1.10 bits per heavy atom. The summed E-state index contributed by atoms with van der Waals surface area (Å²) in [5, 5.41) is 10.5. The number of likely N-dealkylation sites (N-methyl/N-ethyl adjacent to an activating group) is 1. The average Bonchev–Trinajstić information content (AvgIpc) is 3.65. The monoisotopic (exact) mass is 601 g/mol. The van der Waals surface area contributed by atoms with E-state index in [4.69, 9.17) is 21.1 Å². The largest absolute Gasteiger partial charge is 0.492 e. The number of hydrogen-bond donors (Lipinski definition) is 2. The lowest BCUT2D eigenvalue weighted by molar-refractivity contribution is -0.137. The lowest BCUT2D eigenvalue weighted by Gasteiger charge is -2.20. The average molecular weight is 602 g/mol. The number of pyridine rings is 1. The lowest BCUT2D eigenvalue weighted by atomic mass is 10.1. The second kappa shape index (κ2) is 10.8. The molecule has 5 heterocycles. The summed E-state index contributed by atoms with van der Waals surface area (Å²) >= 11 is 6.75. The van der Waals surface area contributed by atoms with Gasteiger partial charge in [0.1, 0.15) is 22.9 Å². The molecule has 0 bridgehead atoms. The van der Waals surface area contributed by atoms with Gasteiger partial charge in [-0.1, -0.05) is 11.6 Å². The second-order valence-electron chi connectivity index (χ2n) is 9.99. The van der Waals surface area contributed by atoms with E-state index in [0.717, 1.165) is 31.5 Å². The molecule has 1 atom stereocenters. The highest BCUT2D eigenvalue weighted by Crippen LogP contribution is 2.39. The SMILES string of the molecule is CNc1nccn2ncc(Oc3cnc4nc(Nc5cc(OC[C@@H]6CCCN6C)cc(C(F)(F)F)c5)n(C)c4c3Cl)c12. The van der Waals surface area contributed by atoms with Gasteiger partial charge in [-0.3, -0.25) is 0 Å². The van der Waals surface area contributed by atoms with Gasteiger partial charge in [0.25, 0.3) is 0 Å². The van der Waals surface area contributed by atoms with E-state index in [1.165, 1.54) is 18.5 Å². The number of ether oxygens (including phenoxy) is 2. The van der Waals surface area contributed by atoms with Crippen LogP contribution in [0.15, 0.2) is 43.0 Å². The number of anilines is 3. The van der Waals surface area contributed by atoms with Crippen molar-refractivity contribution in [3.63, 3.8) is 0 Å². The highest BCUT2D eigenvalue weighted by Gasteiger charge is 2.32. The molecule has 11 nitrogen and oxygen atoms in total. The highest BCUT2D eigenvalue weighted by molar-refractivity contribution is 6.36. The Morgan fingerprint density at radius 3 is 2.67 bits per heavy atom. The third-order valence-electron chi connectivity index (χ3n) is 7.26. The Labute approximate surface area is 243 Å². The molecule has 220 valence electrons. The Kier molecular flexibility index (Phi) is 7.19. The predicted octanol–water partition coefficient (Wildman–Crippen LogP) is 5.73. The van der Waals surface area contributed by atoms with Crippen LogP contribution in [0.5, 0.6) is 17.2 Å². The summed E-state index contributed by atoms with van der Waals surface area (Å²) in [6, 6.07) is 3.69. The topological polar surface area (TPSA) is 107 Å². The van der Waals surface area contributed by atoms with E-state index >= 15 is 0 Å². The highest BCUT2D eigenvalue weighted by atomic mass is 35.5. The Morgan fingerprint density at radius 2 is 1.93 bits per heavy atom. The quantitative estimate of drug-likeness (QED) is 0.230. The molecule has 15 heteroatoms. The molecule has 1 aliphatic rings. The normalized spacial score (nSPS) is 15.9. The number of fused-ring (bicyclic) bond motifs is 2. The molecule has 0 radical (unpaired) electrons. The number of likely N-dealkylation sites (tertiary alicyclic amines) is 1. The maximum Gasteiger partial charge on any atom is 0.416 e. The van der Waals surface area contributed by atoms with Gasteiger partial charge < -0.3 is 29.6 Å². The Bertz CT molecular complexity index is 1770. The van der Waals surface area contributed by atoms with Crippen LogP contribution in [0, 0.1) is 0 Å².